The lowest BCUT2D eigenvalue weighted by Crippen LogP contribution is -2.12. The van der Waals surface area contributed by atoms with Gasteiger partial charge in [-0.2, -0.15) is 0 Å². The van der Waals surface area contributed by atoms with E-state index in [-0.39, 0.29) is 0 Å². The second kappa shape index (κ2) is 13.0. The molecule has 0 aliphatic carbocycles. The molecular formula is C56H40N2O2. The fourth-order valence-corrected chi connectivity index (χ4v) is 9.73. The lowest BCUT2D eigenvalue weighted by Gasteiger charge is -2.28. The molecule has 12 rings (SSSR count). The number of hydrogen-bond acceptors (Lipinski definition) is 4. The summed E-state index contributed by atoms with van der Waals surface area (Å²) in [6, 6.07) is 61.2. The maximum absolute atomic E-state index is 6.94. The summed E-state index contributed by atoms with van der Waals surface area (Å²) in [6.07, 6.45) is 0. The maximum Gasteiger partial charge on any atom is 0.143 e. The van der Waals surface area contributed by atoms with Gasteiger partial charge in [0.05, 0.1) is 0 Å². The summed E-state index contributed by atoms with van der Waals surface area (Å²) in [4.78, 5) is 4.70. The van der Waals surface area contributed by atoms with Crippen LogP contribution in [0, 0.1) is 27.7 Å². The molecule has 0 bridgehead atoms. The van der Waals surface area contributed by atoms with E-state index >= 15 is 0 Å². The molecule has 0 radical (unpaired) electrons. The van der Waals surface area contributed by atoms with Gasteiger partial charge in [0, 0.05) is 89.3 Å². The van der Waals surface area contributed by atoms with Crippen LogP contribution < -0.4 is 9.80 Å². The molecule has 0 aliphatic heterocycles. The number of hydrogen-bond donors (Lipinski definition) is 0. The Hall–Kier alpha value is -7.56. The van der Waals surface area contributed by atoms with Crippen LogP contribution in [0.3, 0.4) is 0 Å². The summed E-state index contributed by atoms with van der Waals surface area (Å²) in [5, 5.41) is 11.4. The van der Waals surface area contributed by atoms with Crippen molar-refractivity contribution in [1.29, 1.82) is 0 Å². The number of nitrogens with zero attached hydrogens (tertiary/aromatic N) is 2. The largest absolute Gasteiger partial charge is 0.455 e. The second-order valence-electron chi connectivity index (χ2n) is 16.3. The quantitative estimate of drug-likeness (QED) is 0.158. The van der Waals surface area contributed by atoms with Gasteiger partial charge in [-0.15, -0.1) is 0 Å². The Balaban J connectivity index is 1.04. The van der Waals surface area contributed by atoms with Crippen molar-refractivity contribution in [3.05, 3.63) is 192 Å². The van der Waals surface area contributed by atoms with E-state index in [2.05, 4.69) is 207 Å². The topological polar surface area (TPSA) is 32.8 Å². The molecule has 4 nitrogen and oxygen atoms in total. The van der Waals surface area contributed by atoms with Crippen LogP contribution in [0.25, 0.3) is 76.2 Å². The number of fused-ring (bicyclic) bond motifs is 8. The standard InChI is InChI=1S/C56H40N2O2/c1-33-13-5-9-17-47(33)57(48-18-10-6-14-34(48)2)39-23-27-41-45-29-37-22-26-44-54-38(21-25-43(53(37)54)55(45)59-51(41)31-39)30-46-42-28-24-40(32-52(42)60-56(44)46)58(49-19-11-7-15-35(49)3)50-20-12-8-16-36(50)4/h5-32H,1-4H3. The van der Waals surface area contributed by atoms with Crippen LogP contribution >= 0.6 is 0 Å². The van der Waals surface area contributed by atoms with Crippen molar-refractivity contribution in [2.45, 2.75) is 27.7 Å². The zero-order chi connectivity index (χ0) is 40.2. The van der Waals surface area contributed by atoms with Crippen molar-refractivity contribution in [1.82, 2.24) is 0 Å². The van der Waals surface area contributed by atoms with Crippen molar-refractivity contribution in [2.75, 3.05) is 9.80 Å². The van der Waals surface area contributed by atoms with Gasteiger partial charge in [0.15, 0.2) is 0 Å². The van der Waals surface area contributed by atoms with E-state index in [9.17, 15) is 0 Å². The Kier molecular flexibility index (Phi) is 7.45. The van der Waals surface area contributed by atoms with Crippen molar-refractivity contribution in [3.63, 3.8) is 0 Å². The predicted octanol–water partition coefficient (Wildman–Crippen LogP) is 16.6. The van der Waals surface area contributed by atoms with Gasteiger partial charge < -0.3 is 18.6 Å². The minimum Gasteiger partial charge on any atom is -0.455 e. The molecule has 0 saturated heterocycles. The van der Waals surface area contributed by atoms with E-state index < -0.39 is 0 Å². The summed E-state index contributed by atoms with van der Waals surface area (Å²) in [5.74, 6) is 0. The highest BCUT2D eigenvalue weighted by Gasteiger charge is 2.23. The summed E-state index contributed by atoms with van der Waals surface area (Å²) in [6.45, 7) is 8.69. The van der Waals surface area contributed by atoms with Crippen LogP contribution in [-0.2, 0) is 0 Å². The first-order valence-electron chi connectivity index (χ1n) is 20.7. The minimum atomic E-state index is 0.866. The molecule has 286 valence electrons. The third-order valence-electron chi connectivity index (χ3n) is 12.7. The fraction of sp³-hybridized carbons (Fsp3) is 0.0714. The van der Waals surface area contributed by atoms with Gasteiger partial charge in [-0.25, -0.2) is 0 Å². The molecule has 12 aromatic rings. The van der Waals surface area contributed by atoms with Gasteiger partial charge in [0.2, 0.25) is 0 Å². The van der Waals surface area contributed by atoms with Crippen molar-refractivity contribution in [3.8, 4) is 0 Å². The Morgan fingerprint density at radius 1 is 0.317 bits per heavy atom. The van der Waals surface area contributed by atoms with E-state index in [0.717, 1.165) is 88.8 Å². The van der Waals surface area contributed by atoms with Gasteiger partial charge in [0.25, 0.3) is 0 Å². The van der Waals surface area contributed by atoms with Gasteiger partial charge in [-0.3, -0.25) is 0 Å². The highest BCUT2D eigenvalue weighted by molar-refractivity contribution is 6.34. The van der Waals surface area contributed by atoms with Gasteiger partial charge in [0.1, 0.15) is 22.3 Å². The van der Waals surface area contributed by atoms with Gasteiger partial charge in [-0.1, -0.05) is 84.9 Å². The molecule has 0 spiro atoms. The normalized spacial score (nSPS) is 12.0. The summed E-state index contributed by atoms with van der Waals surface area (Å²) >= 11 is 0. The highest BCUT2D eigenvalue weighted by Crippen LogP contribution is 2.48. The van der Waals surface area contributed by atoms with Crippen LogP contribution in [-0.4, -0.2) is 0 Å². The molecule has 0 saturated carbocycles. The molecule has 10 aromatic carbocycles. The minimum absolute atomic E-state index is 0.866. The maximum atomic E-state index is 6.94. The fourth-order valence-electron chi connectivity index (χ4n) is 9.73. The number of benzene rings is 10. The van der Waals surface area contributed by atoms with Crippen LogP contribution in [0.5, 0.6) is 0 Å². The zero-order valence-corrected chi connectivity index (χ0v) is 33.9. The van der Waals surface area contributed by atoms with E-state index in [1.54, 1.807) is 0 Å². The smallest absolute Gasteiger partial charge is 0.143 e. The van der Waals surface area contributed by atoms with E-state index in [1.807, 2.05) is 0 Å². The van der Waals surface area contributed by atoms with Crippen molar-refractivity contribution < 1.29 is 8.83 Å². The van der Waals surface area contributed by atoms with E-state index in [1.165, 1.54) is 43.8 Å². The van der Waals surface area contributed by atoms with Crippen molar-refractivity contribution in [2.24, 2.45) is 0 Å². The average Bonchev–Trinajstić information content (AvgIpc) is 3.83. The first kappa shape index (κ1) is 34.5. The predicted molar refractivity (Wildman–Crippen MR) is 253 cm³/mol. The molecule has 0 unspecified atom stereocenters. The number of rotatable bonds is 6. The third kappa shape index (κ3) is 5.04. The number of furan rings is 2. The van der Waals surface area contributed by atoms with E-state index in [4.69, 9.17) is 8.83 Å². The molecule has 0 atom stereocenters. The number of aryl methyl sites for hydroxylation is 4. The molecule has 60 heavy (non-hydrogen) atoms. The highest BCUT2D eigenvalue weighted by atomic mass is 16.3. The summed E-state index contributed by atoms with van der Waals surface area (Å²) < 4.78 is 13.9. The molecule has 2 aromatic heterocycles. The summed E-state index contributed by atoms with van der Waals surface area (Å²) in [5.41, 5.74) is 15.1. The van der Waals surface area contributed by atoms with Crippen LogP contribution in [0.15, 0.2) is 179 Å². The molecule has 0 fully saturated rings. The lowest BCUT2D eigenvalue weighted by atomic mass is 9.91. The molecule has 4 heteroatoms. The molecule has 0 amide bonds. The van der Waals surface area contributed by atoms with Gasteiger partial charge in [-0.05, 0) is 134 Å². The van der Waals surface area contributed by atoms with E-state index in [0.29, 0.717) is 0 Å². The molecular weight excluding hydrogens is 733 g/mol. The van der Waals surface area contributed by atoms with Crippen LogP contribution in [0.4, 0.5) is 34.1 Å². The number of para-hydroxylation sites is 4. The Morgan fingerprint density at radius 2 is 0.650 bits per heavy atom. The lowest BCUT2D eigenvalue weighted by molar-refractivity contribution is 0.672. The zero-order valence-electron chi connectivity index (χ0n) is 33.9. The molecule has 0 aliphatic rings. The Labute approximate surface area is 347 Å². The molecule has 2 heterocycles. The van der Waals surface area contributed by atoms with Crippen LogP contribution in [0.1, 0.15) is 22.3 Å². The SMILES string of the molecule is Cc1ccccc1N(c1ccc2c(c1)oc1c2cc2ccc3c4oc5cc(N(c6ccccc6C)c6ccccc6C)ccc5c4cc4ccc1c2c43)c1ccccc1C. The summed E-state index contributed by atoms with van der Waals surface area (Å²) in [7, 11) is 0. The third-order valence-corrected chi connectivity index (χ3v) is 12.7. The van der Waals surface area contributed by atoms with Crippen LogP contribution in [0.2, 0.25) is 0 Å². The Morgan fingerprint density at radius 3 is 1.00 bits per heavy atom. The first-order valence-corrected chi connectivity index (χ1v) is 20.7. The second-order valence-corrected chi connectivity index (χ2v) is 16.3. The molecule has 0 N–H and O–H groups in total. The van der Waals surface area contributed by atoms with Crippen molar-refractivity contribution >= 4 is 110 Å². The first-order chi connectivity index (χ1) is 29.4. The Bertz CT molecular complexity index is 3350. The van der Waals surface area contributed by atoms with Gasteiger partial charge >= 0.3 is 0 Å². The number of anilines is 6. The monoisotopic (exact) mass is 772 g/mol. The average molecular weight is 773 g/mol.